The van der Waals surface area contributed by atoms with E-state index in [0.29, 0.717) is 0 Å². The molecule has 0 spiro atoms. The summed E-state index contributed by atoms with van der Waals surface area (Å²) in [5.74, 6) is 0. The SMILES string of the molecule is COCCOCCO[C@@H]1[C@@H](OP(=O)(O)O)[C@H](OCCOCCOC)[C@@H](O[P+](=O)O)[C@@H](OCCOCCOC2[C@@H](OP(=O)(O)O)[C@H](O[P+](=O)O)C(O[P+](=O)O)[C@H](O[P+](=O)O)[C@H]2OP(=O)(O)O)[C@H]1OP(=O)(O)O. The summed E-state index contributed by atoms with van der Waals surface area (Å²) in [5, 5.41) is 0. The molecule has 0 bridgehead atoms. The maximum atomic E-state index is 12.4. The van der Waals surface area contributed by atoms with E-state index in [0.717, 1.165) is 0 Å². The molecule has 416 valence electrons. The average Bonchev–Trinajstić information content (AvgIpc) is 3.20. The molecular formula is C26H54O37P8+4. The van der Waals surface area contributed by atoms with Crippen LogP contribution in [-0.2, 0) is 115 Å². The van der Waals surface area contributed by atoms with Crippen molar-refractivity contribution < 1.29 is 174 Å². The molecule has 37 nitrogen and oxygen atoms in total. The van der Waals surface area contributed by atoms with Gasteiger partial charge in [-0.05, 0) is 0 Å². The Morgan fingerprint density at radius 2 is 0.493 bits per heavy atom. The highest BCUT2D eigenvalue weighted by molar-refractivity contribution is 7.47. The Morgan fingerprint density at radius 3 is 0.704 bits per heavy atom. The van der Waals surface area contributed by atoms with Crippen molar-refractivity contribution in [3.8, 4) is 0 Å². The maximum absolute atomic E-state index is 12.4. The van der Waals surface area contributed by atoms with E-state index in [1.165, 1.54) is 14.2 Å². The lowest BCUT2D eigenvalue weighted by Crippen LogP contribution is -2.67. The minimum Gasteiger partial charge on any atom is -0.382 e. The first-order valence-corrected chi connectivity index (χ1v) is 30.1. The lowest BCUT2D eigenvalue weighted by molar-refractivity contribution is -0.248. The van der Waals surface area contributed by atoms with Crippen molar-refractivity contribution in [2.45, 2.75) is 73.2 Å². The summed E-state index contributed by atoms with van der Waals surface area (Å²) in [6.07, 6.45) is -27.7. The smallest absolute Gasteiger partial charge is 0.382 e. The van der Waals surface area contributed by atoms with Gasteiger partial charge in [0.25, 0.3) is 0 Å². The fourth-order valence-corrected chi connectivity index (χ4v) is 10.6. The standard InChI is InChI=1S/C26H50O37P8/c1-47-3-5-49-7-11-52-15-19(56-64(27)28)16(24(61-69(38,39)40)17(23(15)60-68(35,36)37)54-13-8-50-6-4-48-2)53-12-9-51-10-14-55-18-25(62-70(41,42)43)21(58-66(31)32)20(57-65(29)30)22(59-67(33)34)26(18)63-71(44,45)46/h15-26H,3-14H2,1-2H3,(H8-4,27,28,29,30,31,32,33,34,35,36,37,38,39,40,41,42,43,44,45,46)/p+4/t15-,16-,17-,18?,19-,20?,21-,22+,23+,24-,25-,26+/m1/s1. The van der Waals surface area contributed by atoms with E-state index in [-0.39, 0.29) is 39.6 Å². The van der Waals surface area contributed by atoms with Gasteiger partial charge in [0.2, 0.25) is 0 Å². The van der Waals surface area contributed by atoms with Crippen LogP contribution in [-0.4, -0.2) is 225 Å². The van der Waals surface area contributed by atoms with Gasteiger partial charge >= 0.3 is 64.3 Å². The second kappa shape index (κ2) is 32.8. The lowest BCUT2D eigenvalue weighted by Gasteiger charge is -2.47. The molecule has 0 radical (unpaired) electrons. The molecule has 0 aromatic heterocycles. The highest BCUT2D eigenvalue weighted by Crippen LogP contribution is 2.52. The first-order chi connectivity index (χ1) is 33.0. The number of methoxy groups -OCH3 is 2. The Bertz CT molecular complexity index is 1790. The number of rotatable bonds is 38. The Morgan fingerprint density at radius 1 is 0.310 bits per heavy atom. The average molecular weight is 1210 g/mol. The number of hydrogen-bond acceptors (Lipinski definition) is 25. The van der Waals surface area contributed by atoms with E-state index < -0.39 is 177 Å². The molecule has 71 heavy (non-hydrogen) atoms. The largest absolute Gasteiger partial charge is 0.695 e. The summed E-state index contributed by atoms with van der Waals surface area (Å²) in [7, 11) is -35.7. The van der Waals surface area contributed by atoms with Crippen LogP contribution in [0.4, 0.5) is 0 Å². The van der Waals surface area contributed by atoms with Crippen LogP contribution in [0.3, 0.4) is 0 Å². The lowest BCUT2D eigenvalue weighted by atomic mass is 9.84. The molecular weight excluding hydrogens is 1150 g/mol. The summed E-state index contributed by atoms with van der Waals surface area (Å²) >= 11 is 0. The van der Waals surface area contributed by atoms with E-state index >= 15 is 0 Å². The van der Waals surface area contributed by atoms with Crippen LogP contribution >= 0.6 is 64.3 Å². The van der Waals surface area contributed by atoms with Crippen LogP contribution in [0.25, 0.3) is 0 Å². The van der Waals surface area contributed by atoms with Gasteiger partial charge in [0.05, 0.1) is 79.3 Å². The van der Waals surface area contributed by atoms with Crippen LogP contribution in [0, 0.1) is 0 Å². The minimum atomic E-state index is -5.85. The van der Waals surface area contributed by atoms with Crippen molar-refractivity contribution >= 4 is 64.3 Å². The second-order valence-electron chi connectivity index (χ2n) is 13.6. The van der Waals surface area contributed by atoms with Crippen molar-refractivity contribution in [3.63, 3.8) is 0 Å². The predicted molar refractivity (Wildman–Crippen MR) is 222 cm³/mol. The van der Waals surface area contributed by atoms with E-state index in [1.54, 1.807) is 0 Å². The van der Waals surface area contributed by atoms with E-state index in [9.17, 15) is 95.2 Å². The Balaban J connectivity index is 2.53. The highest BCUT2D eigenvalue weighted by Gasteiger charge is 2.65. The monoisotopic (exact) mass is 1210 g/mol. The van der Waals surface area contributed by atoms with Crippen molar-refractivity contribution in [3.05, 3.63) is 0 Å². The normalized spacial score (nSPS) is 28.7. The van der Waals surface area contributed by atoms with Crippen molar-refractivity contribution in [1.82, 2.24) is 0 Å². The molecule has 2 fully saturated rings. The van der Waals surface area contributed by atoms with Gasteiger partial charge in [0.1, 0.15) is 48.8 Å². The molecule has 12 N–H and O–H groups in total. The van der Waals surface area contributed by atoms with E-state index in [4.69, 9.17) is 65.3 Å². The zero-order chi connectivity index (χ0) is 53.7. The van der Waals surface area contributed by atoms with Crippen LogP contribution in [0.2, 0.25) is 0 Å². The first kappa shape index (κ1) is 67.3. The van der Waals surface area contributed by atoms with Gasteiger partial charge < -0.3 is 81.8 Å². The van der Waals surface area contributed by atoms with Gasteiger partial charge in [-0.25, -0.2) is 18.3 Å². The van der Waals surface area contributed by atoms with Crippen LogP contribution in [0.1, 0.15) is 0 Å². The van der Waals surface area contributed by atoms with Gasteiger partial charge in [0.15, 0.2) is 24.4 Å². The van der Waals surface area contributed by atoms with Gasteiger partial charge in [-0.3, -0.25) is 18.1 Å². The fourth-order valence-electron chi connectivity index (χ4n) is 6.58. The summed E-state index contributed by atoms with van der Waals surface area (Å²) in [6.45, 7) is -4.32. The fraction of sp³-hybridized carbons (Fsp3) is 1.00. The molecule has 45 heteroatoms. The van der Waals surface area contributed by atoms with Crippen LogP contribution in [0.15, 0.2) is 0 Å². The molecule has 0 aromatic rings. The molecule has 16 atom stereocenters. The zero-order valence-electron chi connectivity index (χ0n) is 36.6. The summed E-state index contributed by atoms with van der Waals surface area (Å²) in [5.41, 5.74) is 0. The quantitative estimate of drug-likeness (QED) is 0.0234. The van der Waals surface area contributed by atoms with Crippen molar-refractivity contribution in [1.29, 1.82) is 0 Å². The summed E-state index contributed by atoms with van der Waals surface area (Å²) < 4.78 is 184. The van der Waals surface area contributed by atoms with Crippen molar-refractivity contribution in [2.75, 3.05) is 93.5 Å². The van der Waals surface area contributed by atoms with Crippen LogP contribution < -0.4 is 0 Å². The highest BCUT2D eigenvalue weighted by atomic mass is 31.2. The summed E-state index contributed by atoms with van der Waals surface area (Å²) in [6, 6.07) is 0. The third-order valence-electron chi connectivity index (χ3n) is 8.78. The Hall–Kier alpha value is 0.160. The second-order valence-corrected chi connectivity index (χ2v) is 21.2. The molecule has 6 unspecified atom stereocenters. The van der Waals surface area contributed by atoms with Gasteiger partial charge in [0, 0.05) is 32.5 Å². The number of ether oxygens (including phenoxy) is 9. The molecule has 0 heterocycles. The Kier molecular flexibility index (Phi) is 31.1. The first-order valence-electron chi connectivity index (χ1n) is 19.4. The Labute approximate surface area is 404 Å². The predicted octanol–water partition coefficient (Wildman–Crippen LogP) is -2.05. The van der Waals surface area contributed by atoms with Gasteiger partial charge in [-0.2, -0.15) is 0 Å². The molecule has 0 aromatic carbocycles. The van der Waals surface area contributed by atoms with E-state index in [1.807, 2.05) is 0 Å². The molecule has 2 saturated carbocycles. The maximum Gasteiger partial charge on any atom is 0.695 e. The van der Waals surface area contributed by atoms with Crippen molar-refractivity contribution in [2.24, 2.45) is 0 Å². The number of phosphoric ester groups is 4. The number of phosphoric acid groups is 4. The minimum absolute atomic E-state index is 0.0104. The van der Waals surface area contributed by atoms with E-state index in [2.05, 4.69) is 13.6 Å². The molecule has 2 rings (SSSR count). The topological polar surface area (TPSA) is 536 Å². The molecule has 0 saturated heterocycles. The van der Waals surface area contributed by atoms with Gasteiger partial charge in [-0.1, -0.05) is 0 Å². The third-order valence-corrected chi connectivity index (χ3v) is 12.6. The molecule has 2 aliphatic rings. The zero-order valence-corrected chi connectivity index (χ0v) is 43.7. The van der Waals surface area contributed by atoms with Gasteiger partial charge in [-0.15, -0.1) is 37.7 Å². The summed E-state index contributed by atoms with van der Waals surface area (Å²) in [4.78, 5) is 117. The van der Waals surface area contributed by atoms with Crippen LogP contribution in [0.5, 0.6) is 0 Å². The third kappa shape index (κ3) is 26.9. The molecule has 2 aliphatic carbocycles. The molecule has 0 aliphatic heterocycles. The number of hydrogen-bond donors (Lipinski definition) is 12. The molecule has 0 amide bonds.